The Morgan fingerprint density at radius 2 is 2.21 bits per heavy atom. The van der Waals surface area contributed by atoms with Crippen LogP contribution in [0.1, 0.15) is 13.3 Å². The van der Waals surface area contributed by atoms with Crippen LogP contribution in [0.15, 0.2) is 0 Å². The first kappa shape index (κ1) is 11.5. The van der Waals surface area contributed by atoms with Crippen LogP contribution in [-0.4, -0.2) is 45.1 Å². The molecular formula is C8H15NO4S. The van der Waals surface area contributed by atoms with E-state index in [1.165, 1.54) is 7.11 Å². The molecule has 0 bridgehead atoms. The molecule has 0 saturated carbocycles. The zero-order chi connectivity index (χ0) is 10.8. The summed E-state index contributed by atoms with van der Waals surface area (Å²) in [4.78, 5) is 11.0. The zero-order valence-corrected chi connectivity index (χ0v) is 9.13. The van der Waals surface area contributed by atoms with Gasteiger partial charge in [-0.3, -0.25) is 4.79 Å². The van der Waals surface area contributed by atoms with E-state index in [1.807, 2.05) is 0 Å². The van der Waals surface area contributed by atoms with E-state index in [0.29, 0.717) is 6.42 Å². The predicted molar refractivity (Wildman–Crippen MR) is 51.7 cm³/mol. The van der Waals surface area contributed by atoms with Crippen molar-refractivity contribution in [1.29, 1.82) is 0 Å². The van der Waals surface area contributed by atoms with Gasteiger partial charge in [-0.1, -0.05) is 0 Å². The van der Waals surface area contributed by atoms with Crippen LogP contribution in [0.2, 0.25) is 0 Å². The van der Waals surface area contributed by atoms with Crippen LogP contribution in [0.5, 0.6) is 0 Å². The van der Waals surface area contributed by atoms with Crippen molar-refractivity contribution in [3.8, 4) is 0 Å². The van der Waals surface area contributed by atoms with Gasteiger partial charge in [0, 0.05) is 6.04 Å². The third kappa shape index (κ3) is 2.95. The highest BCUT2D eigenvalue weighted by atomic mass is 32.2. The largest absolute Gasteiger partial charge is 0.468 e. The number of methoxy groups -OCH3 is 1. The number of hydrogen-bond donors (Lipinski definition) is 1. The minimum absolute atomic E-state index is 0.117. The number of carbonyl (C=O) groups is 1. The molecular weight excluding hydrogens is 206 g/mol. The van der Waals surface area contributed by atoms with E-state index in [2.05, 4.69) is 10.1 Å². The Kier molecular flexibility index (Phi) is 3.49. The van der Waals surface area contributed by atoms with Gasteiger partial charge in [0.05, 0.1) is 18.6 Å². The van der Waals surface area contributed by atoms with Crippen LogP contribution in [0, 0.1) is 0 Å². The van der Waals surface area contributed by atoms with Crippen LogP contribution in [0.25, 0.3) is 0 Å². The van der Waals surface area contributed by atoms with E-state index in [9.17, 15) is 13.2 Å². The first-order chi connectivity index (χ1) is 6.44. The standard InChI is InChI=1S/C8H15NO4S/c1-6(8(10)13-2)9-7-3-4-14(11,12)5-7/h6-7,9H,3-5H2,1-2H3/t6-,7?/m0/s1. The monoisotopic (exact) mass is 221 g/mol. The molecule has 82 valence electrons. The van der Waals surface area contributed by atoms with Crippen LogP contribution in [0.3, 0.4) is 0 Å². The Balaban J connectivity index is 2.43. The van der Waals surface area contributed by atoms with E-state index < -0.39 is 15.9 Å². The van der Waals surface area contributed by atoms with Gasteiger partial charge in [-0.15, -0.1) is 0 Å². The molecule has 1 rings (SSSR count). The first-order valence-electron chi connectivity index (χ1n) is 4.49. The normalized spacial score (nSPS) is 27.1. The number of rotatable bonds is 3. The van der Waals surface area contributed by atoms with E-state index in [1.54, 1.807) is 6.92 Å². The SMILES string of the molecule is COC(=O)[C@H](C)NC1CCS(=O)(=O)C1. The molecule has 0 radical (unpaired) electrons. The summed E-state index contributed by atoms with van der Waals surface area (Å²) >= 11 is 0. The second-order valence-electron chi connectivity index (χ2n) is 3.51. The molecule has 0 aromatic heterocycles. The van der Waals surface area contributed by atoms with Gasteiger partial charge in [0.2, 0.25) is 0 Å². The fourth-order valence-corrected chi connectivity index (χ4v) is 3.21. The molecule has 2 atom stereocenters. The number of nitrogens with one attached hydrogen (secondary N) is 1. The topological polar surface area (TPSA) is 72.5 Å². The van der Waals surface area contributed by atoms with E-state index in [0.717, 1.165) is 0 Å². The summed E-state index contributed by atoms with van der Waals surface area (Å²) in [6, 6.07) is -0.563. The van der Waals surface area contributed by atoms with Gasteiger partial charge in [-0.25, -0.2) is 8.42 Å². The molecule has 1 aliphatic heterocycles. The summed E-state index contributed by atoms with van der Waals surface area (Å²) in [5, 5.41) is 2.93. The van der Waals surface area contributed by atoms with E-state index in [-0.39, 0.29) is 23.5 Å². The second kappa shape index (κ2) is 4.27. The van der Waals surface area contributed by atoms with Gasteiger partial charge in [-0.05, 0) is 13.3 Å². The Hall–Kier alpha value is -0.620. The summed E-state index contributed by atoms with van der Waals surface area (Å²) in [6.45, 7) is 1.66. The van der Waals surface area contributed by atoms with Gasteiger partial charge in [0.25, 0.3) is 0 Å². The molecule has 14 heavy (non-hydrogen) atoms. The quantitative estimate of drug-likeness (QED) is 0.640. The summed E-state index contributed by atoms with van der Waals surface area (Å²) in [7, 11) is -1.58. The van der Waals surface area contributed by atoms with Gasteiger partial charge in [0.15, 0.2) is 9.84 Å². The van der Waals surface area contributed by atoms with Gasteiger partial charge in [-0.2, -0.15) is 0 Å². The van der Waals surface area contributed by atoms with Crippen LogP contribution < -0.4 is 5.32 Å². The second-order valence-corrected chi connectivity index (χ2v) is 5.74. The smallest absolute Gasteiger partial charge is 0.322 e. The molecule has 0 aromatic carbocycles. The van der Waals surface area contributed by atoms with Crippen molar-refractivity contribution in [2.75, 3.05) is 18.6 Å². The fourth-order valence-electron chi connectivity index (χ4n) is 1.52. The molecule has 6 heteroatoms. The lowest BCUT2D eigenvalue weighted by atomic mass is 10.2. The zero-order valence-electron chi connectivity index (χ0n) is 8.32. The van der Waals surface area contributed by atoms with Gasteiger partial charge in [0.1, 0.15) is 6.04 Å². The highest BCUT2D eigenvalue weighted by Crippen LogP contribution is 2.11. The number of sulfone groups is 1. The highest BCUT2D eigenvalue weighted by Gasteiger charge is 2.29. The lowest BCUT2D eigenvalue weighted by molar-refractivity contribution is -0.142. The molecule has 1 aliphatic rings. The number of hydrogen-bond acceptors (Lipinski definition) is 5. The third-order valence-electron chi connectivity index (χ3n) is 2.27. The lowest BCUT2D eigenvalue weighted by Crippen LogP contribution is -2.42. The molecule has 0 aromatic rings. The van der Waals surface area contributed by atoms with Crippen LogP contribution in [0.4, 0.5) is 0 Å². The summed E-state index contributed by atoms with van der Waals surface area (Å²) in [5.41, 5.74) is 0. The Morgan fingerprint density at radius 1 is 1.57 bits per heavy atom. The fraction of sp³-hybridized carbons (Fsp3) is 0.875. The van der Waals surface area contributed by atoms with Crippen molar-refractivity contribution in [2.45, 2.75) is 25.4 Å². The van der Waals surface area contributed by atoms with Crippen molar-refractivity contribution in [1.82, 2.24) is 5.32 Å². The van der Waals surface area contributed by atoms with Crippen molar-refractivity contribution < 1.29 is 17.9 Å². The molecule has 0 amide bonds. The molecule has 0 spiro atoms. The number of carbonyl (C=O) groups excluding carboxylic acids is 1. The van der Waals surface area contributed by atoms with Crippen molar-refractivity contribution in [2.24, 2.45) is 0 Å². The maximum absolute atomic E-state index is 11.1. The maximum Gasteiger partial charge on any atom is 0.322 e. The van der Waals surface area contributed by atoms with E-state index >= 15 is 0 Å². The van der Waals surface area contributed by atoms with Crippen molar-refractivity contribution in [3.63, 3.8) is 0 Å². The maximum atomic E-state index is 11.1. The molecule has 5 nitrogen and oxygen atoms in total. The summed E-state index contributed by atoms with van der Waals surface area (Å²) in [6.07, 6.45) is 0.573. The van der Waals surface area contributed by atoms with Crippen LogP contribution in [-0.2, 0) is 19.4 Å². The lowest BCUT2D eigenvalue weighted by Gasteiger charge is -2.15. The number of ether oxygens (including phenoxy) is 1. The van der Waals surface area contributed by atoms with Crippen molar-refractivity contribution >= 4 is 15.8 Å². The summed E-state index contributed by atoms with van der Waals surface area (Å²) < 4.78 is 26.7. The number of esters is 1. The Bertz CT molecular complexity index is 311. The van der Waals surface area contributed by atoms with Gasteiger partial charge >= 0.3 is 5.97 Å². The van der Waals surface area contributed by atoms with Crippen LogP contribution >= 0.6 is 0 Å². The molecule has 1 N–H and O–H groups in total. The highest BCUT2D eigenvalue weighted by molar-refractivity contribution is 7.91. The summed E-state index contributed by atoms with van der Waals surface area (Å²) in [5.74, 6) is -0.0401. The first-order valence-corrected chi connectivity index (χ1v) is 6.31. The molecule has 1 fully saturated rings. The van der Waals surface area contributed by atoms with E-state index in [4.69, 9.17) is 0 Å². The van der Waals surface area contributed by atoms with Crippen molar-refractivity contribution in [3.05, 3.63) is 0 Å². The van der Waals surface area contributed by atoms with Gasteiger partial charge < -0.3 is 10.1 Å². The predicted octanol–water partition coefficient (Wildman–Crippen LogP) is -0.675. The minimum Gasteiger partial charge on any atom is -0.468 e. The molecule has 1 unspecified atom stereocenters. The minimum atomic E-state index is -2.89. The molecule has 1 heterocycles. The molecule has 0 aliphatic carbocycles. The Labute approximate surface area is 83.7 Å². The average molecular weight is 221 g/mol. The molecule has 1 saturated heterocycles. The Morgan fingerprint density at radius 3 is 2.64 bits per heavy atom. The third-order valence-corrected chi connectivity index (χ3v) is 4.04. The average Bonchev–Trinajstić information content (AvgIpc) is 2.44.